The summed E-state index contributed by atoms with van der Waals surface area (Å²) < 4.78 is 2.03. The molecule has 1 N–H and O–H groups in total. The molecule has 0 aliphatic carbocycles. The lowest BCUT2D eigenvalue weighted by Gasteiger charge is -2.12. The predicted molar refractivity (Wildman–Crippen MR) is 55.2 cm³/mol. The van der Waals surface area contributed by atoms with E-state index < -0.39 is 0 Å². The predicted octanol–water partition coefficient (Wildman–Crippen LogP) is 1.24. The highest BCUT2D eigenvalue weighted by molar-refractivity contribution is 7.13. The smallest absolute Gasteiger partial charge is 0.205 e. The Bertz CT molecular complexity index is 319. The minimum absolute atomic E-state index is 0.317. The van der Waals surface area contributed by atoms with E-state index >= 15 is 0 Å². The molecule has 0 spiro atoms. The summed E-state index contributed by atoms with van der Waals surface area (Å²) in [5.41, 5.74) is 1.71. The second-order valence-corrected chi connectivity index (χ2v) is 3.88. The van der Waals surface area contributed by atoms with Crippen LogP contribution < -0.4 is 5.32 Å². The van der Waals surface area contributed by atoms with E-state index in [2.05, 4.69) is 27.4 Å². The van der Waals surface area contributed by atoms with Crippen molar-refractivity contribution in [3.05, 3.63) is 24.2 Å². The highest BCUT2D eigenvalue weighted by atomic mass is 32.1. The van der Waals surface area contributed by atoms with Crippen LogP contribution >= 0.6 is 11.3 Å². The molecular weight excluding hydrogens is 198 g/mol. The minimum Gasteiger partial charge on any atom is -0.356 e. The summed E-state index contributed by atoms with van der Waals surface area (Å²) in [5, 5.41) is 11.8. The van der Waals surface area contributed by atoms with Crippen molar-refractivity contribution in [3.8, 4) is 0 Å². The van der Waals surface area contributed by atoms with Crippen LogP contribution in [0.2, 0.25) is 0 Å². The number of rotatable bonds is 4. The van der Waals surface area contributed by atoms with Crippen molar-refractivity contribution in [1.29, 1.82) is 0 Å². The molecule has 1 atom stereocenters. The first-order valence-electron chi connectivity index (χ1n) is 4.33. The van der Waals surface area contributed by atoms with Crippen LogP contribution in [0.5, 0.6) is 0 Å². The summed E-state index contributed by atoms with van der Waals surface area (Å²) in [7, 11) is 0. The number of imidazole rings is 1. The quantitative estimate of drug-likeness (QED) is 0.823. The van der Waals surface area contributed by atoms with Gasteiger partial charge in [-0.15, -0.1) is 10.2 Å². The average Bonchev–Trinajstić information content (AvgIpc) is 2.76. The molecule has 1 unspecified atom stereocenters. The zero-order valence-electron chi connectivity index (χ0n) is 7.79. The summed E-state index contributed by atoms with van der Waals surface area (Å²) in [5.74, 6) is 0. The maximum Gasteiger partial charge on any atom is 0.205 e. The van der Waals surface area contributed by atoms with Crippen LogP contribution in [-0.2, 0) is 6.54 Å². The Hall–Kier alpha value is -1.43. The molecule has 0 amide bonds. The van der Waals surface area contributed by atoms with Gasteiger partial charge in [0, 0.05) is 25.0 Å². The third kappa shape index (κ3) is 2.29. The molecule has 2 rings (SSSR count). The molecular formula is C8H11N5S. The Morgan fingerprint density at radius 3 is 3.21 bits per heavy atom. The van der Waals surface area contributed by atoms with E-state index in [-0.39, 0.29) is 0 Å². The van der Waals surface area contributed by atoms with Crippen LogP contribution in [0, 0.1) is 0 Å². The average molecular weight is 209 g/mol. The van der Waals surface area contributed by atoms with Crippen molar-refractivity contribution >= 4 is 16.5 Å². The molecule has 0 aliphatic heterocycles. The largest absolute Gasteiger partial charge is 0.356 e. The fourth-order valence-corrected chi connectivity index (χ4v) is 1.76. The number of hydrogen-bond acceptors (Lipinski definition) is 5. The zero-order valence-corrected chi connectivity index (χ0v) is 8.61. The van der Waals surface area contributed by atoms with Crippen molar-refractivity contribution < 1.29 is 0 Å². The molecule has 0 aromatic carbocycles. The lowest BCUT2D eigenvalue weighted by atomic mass is 10.3. The van der Waals surface area contributed by atoms with Gasteiger partial charge in [0.2, 0.25) is 5.13 Å². The van der Waals surface area contributed by atoms with Crippen molar-refractivity contribution in [2.45, 2.75) is 19.5 Å². The maximum atomic E-state index is 3.98. The van der Waals surface area contributed by atoms with Crippen LogP contribution in [0.1, 0.15) is 6.92 Å². The van der Waals surface area contributed by atoms with Gasteiger partial charge in [-0.2, -0.15) is 0 Å². The number of hydrogen-bond donors (Lipinski definition) is 1. The molecule has 0 bridgehead atoms. The first kappa shape index (κ1) is 9.14. The summed E-state index contributed by atoms with van der Waals surface area (Å²) in [4.78, 5) is 3.98. The van der Waals surface area contributed by atoms with Gasteiger partial charge in [-0.05, 0) is 6.92 Å². The molecule has 0 radical (unpaired) electrons. The van der Waals surface area contributed by atoms with Crippen molar-refractivity contribution in [2.24, 2.45) is 0 Å². The number of aromatic nitrogens is 4. The zero-order chi connectivity index (χ0) is 9.80. The van der Waals surface area contributed by atoms with E-state index in [1.165, 1.54) is 11.3 Å². The fraction of sp³-hybridized carbons (Fsp3) is 0.375. The molecule has 0 aliphatic rings. The van der Waals surface area contributed by atoms with Crippen molar-refractivity contribution in [1.82, 2.24) is 19.7 Å². The van der Waals surface area contributed by atoms with Gasteiger partial charge in [-0.1, -0.05) is 11.3 Å². The van der Waals surface area contributed by atoms with E-state index in [1.54, 1.807) is 18.0 Å². The van der Waals surface area contributed by atoms with Gasteiger partial charge in [-0.25, -0.2) is 4.98 Å². The Labute approximate surface area is 85.8 Å². The minimum atomic E-state index is 0.317. The van der Waals surface area contributed by atoms with Crippen LogP contribution in [0.3, 0.4) is 0 Å². The van der Waals surface area contributed by atoms with Gasteiger partial charge < -0.3 is 9.88 Å². The molecule has 2 aromatic heterocycles. The van der Waals surface area contributed by atoms with E-state index in [0.29, 0.717) is 6.04 Å². The van der Waals surface area contributed by atoms with Crippen molar-refractivity contribution in [3.63, 3.8) is 0 Å². The van der Waals surface area contributed by atoms with Crippen LogP contribution in [-0.4, -0.2) is 25.8 Å². The number of nitrogens with one attached hydrogen (secondary N) is 1. The Morgan fingerprint density at radius 2 is 2.57 bits per heavy atom. The summed E-state index contributed by atoms with van der Waals surface area (Å²) in [6, 6.07) is 0.317. The molecule has 74 valence electrons. The highest BCUT2D eigenvalue weighted by Gasteiger charge is 2.04. The van der Waals surface area contributed by atoms with Gasteiger partial charge >= 0.3 is 0 Å². The van der Waals surface area contributed by atoms with Gasteiger partial charge in [0.1, 0.15) is 5.51 Å². The first-order valence-corrected chi connectivity index (χ1v) is 5.21. The van der Waals surface area contributed by atoms with E-state index in [0.717, 1.165) is 11.7 Å². The Kier molecular flexibility index (Phi) is 2.73. The molecule has 0 saturated heterocycles. The molecule has 5 nitrogen and oxygen atoms in total. The summed E-state index contributed by atoms with van der Waals surface area (Å²) in [6.07, 6.45) is 5.52. The standard InChI is InChI=1S/C8H11N5S/c1-7(4-13-3-2-9-5-13)11-8-12-10-6-14-8/h2-3,5-7H,4H2,1H3,(H,11,12). The van der Waals surface area contributed by atoms with Crippen molar-refractivity contribution in [2.75, 3.05) is 5.32 Å². The normalized spacial score (nSPS) is 12.6. The maximum absolute atomic E-state index is 3.98. The lowest BCUT2D eigenvalue weighted by Crippen LogP contribution is -2.21. The fourth-order valence-electron chi connectivity index (χ4n) is 1.20. The number of nitrogens with zero attached hydrogens (tertiary/aromatic N) is 4. The Morgan fingerprint density at radius 1 is 1.64 bits per heavy atom. The van der Waals surface area contributed by atoms with Gasteiger partial charge in [0.25, 0.3) is 0 Å². The van der Waals surface area contributed by atoms with E-state index in [4.69, 9.17) is 0 Å². The van der Waals surface area contributed by atoms with Crippen LogP contribution in [0.4, 0.5) is 5.13 Å². The molecule has 6 heteroatoms. The topological polar surface area (TPSA) is 55.6 Å². The lowest BCUT2D eigenvalue weighted by molar-refractivity contribution is 0.618. The van der Waals surface area contributed by atoms with E-state index in [9.17, 15) is 0 Å². The second-order valence-electron chi connectivity index (χ2n) is 3.05. The SMILES string of the molecule is CC(Cn1ccnc1)Nc1nncs1. The van der Waals surface area contributed by atoms with Gasteiger partial charge in [0.05, 0.1) is 6.33 Å². The third-order valence-electron chi connectivity index (χ3n) is 1.77. The molecule has 14 heavy (non-hydrogen) atoms. The molecule has 0 fully saturated rings. The second kappa shape index (κ2) is 4.19. The highest BCUT2D eigenvalue weighted by Crippen LogP contribution is 2.10. The van der Waals surface area contributed by atoms with E-state index in [1.807, 2.05) is 10.8 Å². The Balaban J connectivity index is 1.88. The summed E-state index contributed by atoms with van der Waals surface area (Å²) >= 11 is 1.51. The van der Waals surface area contributed by atoms with Gasteiger partial charge in [-0.3, -0.25) is 0 Å². The monoisotopic (exact) mass is 209 g/mol. The van der Waals surface area contributed by atoms with Crippen LogP contribution in [0.25, 0.3) is 0 Å². The van der Waals surface area contributed by atoms with Gasteiger partial charge in [0.15, 0.2) is 0 Å². The third-order valence-corrected chi connectivity index (χ3v) is 2.40. The first-order chi connectivity index (χ1) is 6.84. The van der Waals surface area contributed by atoms with Crippen LogP contribution in [0.15, 0.2) is 24.2 Å². The summed E-state index contributed by atoms with van der Waals surface area (Å²) in [6.45, 7) is 2.97. The number of anilines is 1. The molecule has 2 heterocycles. The molecule has 0 saturated carbocycles. The molecule has 2 aromatic rings.